The third-order valence-corrected chi connectivity index (χ3v) is 6.56. The number of anilines is 1. The molecule has 3 rings (SSSR count). The highest BCUT2D eigenvalue weighted by atomic mass is 32.1. The largest absolute Gasteiger partial charge is 0.362 e. The molecule has 6 nitrogen and oxygen atoms in total. The Balaban J connectivity index is 2.10. The molecule has 0 aliphatic carbocycles. The molecule has 3 aromatic rings. The molecule has 0 bridgehead atoms. The molecule has 0 aliphatic rings. The smallest absolute Gasteiger partial charge is 0.185 e. The monoisotopic (exact) mass is 415 g/mol. The minimum Gasteiger partial charge on any atom is -0.362 e. The molecule has 29 heavy (non-hydrogen) atoms. The maximum Gasteiger partial charge on any atom is 0.185 e. The predicted molar refractivity (Wildman–Crippen MR) is 121 cm³/mol. The van der Waals surface area contributed by atoms with Gasteiger partial charge in [-0.1, -0.05) is 38.5 Å². The zero-order chi connectivity index (χ0) is 21.1. The molecule has 0 radical (unpaired) electrons. The zero-order valence-corrected chi connectivity index (χ0v) is 19.5. The highest BCUT2D eigenvalue weighted by Crippen LogP contribution is 2.37. The molecular formula is C22H33N5OS. The maximum absolute atomic E-state index is 5.54. The van der Waals surface area contributed by atoms with E-state index in [4.69, 9.17) is 19.8 Å². The van der Waals surface area contributed by atoms with Crippen molar-refractivity contribution >= 4 is 22.1 Å². The summed E-state index contributed by atoms with van der Waals surface area (Å²) in [6.45, 7) is 12.8. The van der Waals surface area contributed by atoms with Crippen LogP contribution in [0.3, 0.4) is 0 Å². The SMILES string of the molecule is CCCC(Nc1nc(C)c(-c2c(C)nc3c(C(CC)CC)cc(C)nn23)s1)OC. The second-order valence-corrected chi connectivity index (χ2v) is 8.63. The number of thiazole rings is 1. The fraction of sp³-hybridized carbons (Fsp3) is 0.591. The van der Waals surface area contributed by atoms with Crippen molar-refractivity contribution in [1.29, 1.82) is 0 Å². The van der Waals surface area contributed by atoms with Gasteiger partial charge in [-0.15, -0.1) is 0 Å². The molecule has 0 saturated carbocycles. The average molecular weight is 416 g/mol. The fourth-order valence-corrected chi connectivity index (χ4v) is 4.99. The number of hydrogen-bond donors (Lipinski definition) is 1. The molecule has 3 aromatic heterocycles. The summed E-state index contributed by atoms with van der Waals surface area (Å²) in [5.74, 6) is 0.491. The van der Waals surface area contributed by atoms with Crippen molar-refractivity contribution in [1.82, 2.24) is 19.6 Å². The predicted octanol–water partition coefficient (Wildman–Crippen LogP) is 5.87. The molecule has 0 fully saturated rings. The van der Waals surface area contributed by atoms with Crippen molar-refractivity contribution in [3.8, 4) is 10.6 Å². The standard InChI is InChI=1S/C22H33N5OS/c1-8-11-18(28-7)25-22-24-15(6)20(29-22)19-14(5)23-21-17(16(9-2)10-3)12-13(4)26-27(19)21/h12,16,18H,8-11H2,1-7H3,(H,24,25). The first kappa shape index (κ1) is 21.7. The topological polar surface area (TPSA) is 64.3 Å². The first-order valence-corrected chi connectivity index (χ1v) is 11.4. The van der Waals surface area contributed by atoms with Crippen molar-refractivity contribution in [2.24, 2.45) is 0 Å². The van der Waals surface area contributed by atoms with Crippen LogP contribution in [-0.4, -0.2) is 32.9 Å². The van der Waals surface area contributed by atoms with Gasteiger partial charge >= 0.3 is 0 Å². The molecule has 1 unspecified atom stereocenters. The van der Waals surface area contributed by atoms with E-state index < -0.39 is 0 Å². The van der Waals surface area contributed by atoms with Crippen LogP contribution in [0.25, 0.3) is 16.2 Å². The molecule has 0 saturated heterocycles. The summed E-state index contributed by atoms with van der Waals surface area (Å²) in [7, 11) is 1.73. The van der Waals surface area contributed by atoms with Crippen LogP contribution >= 0.6 is 11.3 Å². The van der Waals surface area contributed by atoms with Gasteiger partial charge in [0.1, 0.15) is 11.9 Å². The summed E-state index contributed by atoms with van der Waals surface area (Å²) < 4.78 is 7.57. The molecule has 158 valence electrons. The van der Waals surface area contributed by atoms with Crippen LogP contribution in [0.2, 0.25) is 0 Å². The van der Waals surface area contributed by atoms with Crippen LogP contribution in [0.1, 0.15) is 75.0 Å². The third-order valence-electron chi connectivity index (χ3n) is 5.47. The van der Waals surface area contributed by atoms with Gasteiger partial charge in [-0.3, -0.25) is 0 Å². The molecule has 3 heterocycles. The van der Waals surface area contributed by atoms with Crippen molar-refractivity contribution in [3.05, 3.63) is 28.7 Å². The average Bonchev–Trinajstić information content (AvgIpc) is 3.20. The summed E-state index contributed by atoms with van der Waals surface area (Å²) in [4.78, 5) is 10.8. The molecule has 1 N–H and O–H groups in total. The molecule has 7 heteroatoms. The lowest BCUT2D eigenvalue weighted by atomic mass is 9.95. The van der Waals surface area contributed by atoms with E-state index in [2.05, 4.69) is 52.9 Å². The molecule has 0 amide bonds. The minimum atomic E-state index is -0.0245. The van der Waals surface area contributed by atoms with Gasteiger partial charge < -0.3 is 10.1 Å². The summed E-state index contributed by atoms with van der Waals surface area (Å²) in [5, 5.41) is 9.12. The second-order valence-electron chi connectivity index (χ2n) is 7.63. The van der Waals surface area contributed by atoms with Gasteiger partial charge in [-0.2, -0.15) is 5.10 Å². The highest BCUT2D eigenvalue weighted by molar-refractivity contribution is 7.19. The quantitative estimate of drug-likeness (QED) is 0.443. The number of fused-ring (bicyclic) bond motifs is 1. The fourth-order valence-electron chi connectivity index (χ4n) is 3.89. The Hall–Kier alpha value is -1.99. The number of rotatable bonds is 9. The number of nitrogens with zero attached hydrogens (tertiary/aromatic N) is 4. The normalized spacial score (nSPS) is 12.8. The summed E-state index contributed by atoms with van der Waals surface area (Å²) >= 11 is 1.64. The maximum atomic E-state index is 5.54. The van der Waals surface area contributed by atoms with Crippen LogP contribution in [0.5, 0.6) is 0 Å². The van der Waals surface area contributed by atoms with Gasteiger partial charge in [0.15, 0.2) is 10.8 Å². The molecule has 0 spiro atoms. The summed E-state index contributed by atoms with van der Waals surface area (Å²) in [5.41, 5.74) is 6.30. The van der Waals surface area contributed by atoms with Crippen molar-refractivity contribution in [3.63, 3.8) is 0 Å². The van der Waals surface area contributed by atoms with E-state index in [1.807, 2.05) is 4.52 Å². The molecule has 0 aromatic carbocycles. The lowest BCUT2D eigenvalue weighted by Crippen LogP contribution is -2.20. The first-order valence-electron chi connectivity index (χ1n) is 10.6. The van der Waals surface area contributed by atoms with Crippen molar-refractivity contribution in [2.45, 2.75) is 79.4 Å². The Kier molecular flexibility index (Phi) is 6.90. The summed E-state index contributed by atoms with van der Waals surface area (Å²) in [6.07, 6.45) is 4.17. The van der Waals surface area contributed by atoms with Crippen LogP contribution in [-0.2, 0) is 4.74 Å². The van der Waals surface area contributed by atoms with E-state index in [0.717, 1.165) is 64.1 Å². The zero-order valence-electron chi connectivity index (χ0n) is 18.7. The number of ether oxygens (including phenoxy) is 1. The number of aryl methyl sites for hydroxylation is 3. The number of nitrogens with one attached hydrogen (secondary N) is 1. The lowest BCUT2D eigenvalue weighted by Gasteiger charge is -2.15. The number of methoxy groups -OCH3 is 1. The van der Waals surface area contributed by atoms with Crippen LogP contribution in [0.15, 0.2) is 6.07 Å². The van der Waals surface area contributed by atoms with Gasteiger partial charge in [-0.05, 0) is 52.0 Å². The van der Waals surface area contributed by atoms with E-state index in [-0.39, 0.29) is 6.23 Å². The third kappa shape index (κ3) is 4.31. The first-order chi connectivity index (χ1) is 13.9. The van der Waals surface area contributed by atoms with E-state index in [1.165, 1.54) is 5.56 Å². The lowest BCUT2D eigenvalue weighted by molar-refractivity contribution is 0.117. The molecule has 0 aliphatic heterocycles. The second kappa shape index (κ2) is 9.22. The van der Waals surface area contributed by atoms with E-state index in [9.17, 15) is 0 Å². The van der Waals surface area contributed by atoms with E-state index >= 15 is 0 Å². The van der Waals surface area contributed by atoms with Crippen molar-refractivity contribution in [2.75, 3.05) is 12.4 Å². The minimum absolute atomic E-state index is 0.0245. The Bertz CT molecular complexity index is 973. The summed E-state index contributed by atoms with van der Waals surface area (Å²) in [6, 6.07) is 2.20. The molecule has 1 atom stereocenters. The Morgan fingerprint density at radius 2 is 1.83 bits per heavy atom. The van der Waals surface area contributed by atoms with Crippen LogP contribution < -0.4 is 5.32 Å². The van der Waals surface area contributed by atoms with Gasteiger partial charge in [-0.25, -0.2) is 14.5 Å². The van der Waals surface area contributed by atoms with E-state index in [0.29, 0.717) is 5.92 Å². The van der Waals surface area contributed by atoms with Crippen LogP contribution in [0.4, 0.5) is 5.13 Å². The Morgan fingerprint density at radius 1 is 1.10 bits per heavy atom. The van der Waals surface area contributed by atoms with Gasteiger partial charge in [0.2, 0.25) is 0 Å². The highest BCUT2D eigenvalue weighted by Gasteiger charge is 2.23. The van der Waals surface area contributed by atoms with Crippen molar-refractivity contribution < 1.29 is 4.74 Å². The number of aromatic nitrogens is 4. The van der Waals surface area contributed by atoms with Gasteiger partial charge in [0.05, 0.1) is 22.0 Å². The Labute approximate surface area is 177 Å². The Morgan fingerprint density at radius 3 is 2.45 bits per heavy atom. The van der Waals surface area contributed by atoms with E-state index in [1.54, 1.807) is 18.4 Å². The van der Waals surface area contributed by atoms with Gasteiger partial charge in [0, 0.05) is 12.7 Å². The number of hydrogen-bond acceptors (Lipinski definition) is 6. The number of imidazole rings is 1. The molecular weight excluding hydrogens is 382 g/mol. The van der Waals surface area contributed by atoms with Gasteiger partial charge in [0.25, 0.3) is 0 Å². The van der Waals surface area contributed by atoms with Crippen LogP contribution in [0, 0.1) is 20.8 Å².